The van der Waals surface area contributed by atoms with Gasteiger partial charge in [0.15, 0.2) is 0 Å². The quantitative estimate of drug-likeness (QED) is 0.691. The summed E-state index contributed by atoms with van der Waals surface area (Å²) >= 11 is 0. The zero-order valence-corrected chi connectivity index (χ0v) is 11.3. The molecule has 5 nitrogen and oxygen atoms in total. The van der Waals surface area contributed by atoms with E-state index in [1.165, 1.54) is 0 Å². The summed E-state index contributed by atoms with van der Waals surface area (Å²) in [6.45, 7) is 7.35. The molecule has 1 aromatic heterocycles. The fraction of sp³-hybridized carbons (Fsp3) is 0.538. The van der Waals surface area contributed by atoms with Gasteiger partial charge in [0, 0.05) is 25.6 Å². The minimum absolute atomic E-state index is 0.0559. The minimum atomic E-state index is 0.0559. The van der Waals surface area contributed by atoms with Gasteiger partial charge in [0.2, 0.25) is 5.91 Å². The molecule has 1 aromatic rings. The summed E-state index contributed by atoms with van der Waals surface area (Å²) in [5.74, 6) is 1.68. The van der Waals surface area contributed by atoms with E-state index < -0.39 is 0 Å². The number of amides is 1. The van der Waals surface area contributed by atoms with Crippen molar-refractivity contribution in [2.45, 2.75) is 33.2 Å². The maximum Gasteiger partial charge on any atom is 0.221 e. The molecule has 1 heterocycles. The predicted octanol–water partition coefficient (Wildman–Crippen LogP) is 1.84. The molecule has 0 radical (unpaired) electrons. The number of hydrogen-bond donors (Lipinski definition) is 3. The lowest BCUT2D eigenvalue weighted by Crippen LogP contribution is -2.31. The summed E-state index contributed by atoms with van der Waals surface area (Å²) in [4.78, 5) is 15.8. The van der Waals surface area contributed by atoms with E-state index in [0.29, 0.717) is 13.0 Å². The Morgan fingerprint density at radius 1 is 1.28 bits per heavy atom. The van der Waals surface area contributed by atoms with Crippen LogP contribution in [-0.2, 0) is 4.79 Å². The first-order valence-corrected chi connectivity index (χ1v) is 6.36. The zero-order valence-electron chi connectivity index (χ0n) is 11.3. The van der Waals surface area contributed by atoms with Gasteiger partial charge in [-0.1, -0.05) is 6.07 Å². The van der Waals surface area contributed by atoms with Gasteiger partial charge in [0.1, 0.15) is 11.6 Å². The van der Waals surface area contributed by atoms with E-state index in [1.807, 2.05) is 39.0 Å². The van der Waals surface area contributed by atoms with E-state index in [2.05, 4.69) is 20.9 Å². The van der Waals surface area contributed by atoms with Crippen molar-refractivity contribution in [1.29, 1.82) is 0 Å². The Bertz CT molecular complexity index is 379. The lowest BCUT2D eigenvalue weighted by atomic mass is 10.3. The summed E-state index contributed by atoms with van der Waals surface area (Å²) in [7, 11) is 0. The van der Waals surface area contributed by atoms with Crippen LogP contribution in [0.1, 0.15) is 27.2 Å². The fourth-order valence-corrected chi connectivity index (χ4v) is 1.51. The van der Waals surface area contributed by atoms with Crippen molar-refractivity contribution in [3.05, 3.63) is 18.2 Å². The van der Waals surface area contributed by atoms with Gasteiger partial charge in [0.25, 0.3) is 0 Å². The average Bonchev–Trinajstić information content (AvgIpc) is 2.29. The van der Waals surface area contributed by atoms with Crippen LogP contribution in [0.15, 0.2) is 18.2 Å². The van der Waals surface area contributed by atoms with Crippen molar-refractivity contribution >= 4 is 17.5 Å². The second kappa shape index (κ2) is 7.53. The van der Waals surface area contributed by atoms with Crippen LogP contribution < -0.4 is 16.0 Å². The summed E-state index contributed by atoms with van der Waals surface area (Å²) in [6, 6.07) is 5.93. The molecule has 1 rings (SSSR count). The Kier molecular flexibility index (Phi) is 5.97. The van der Waals surface area contributed by atoms with Gasteiger partial charge >= 0.3 is 0 Å². The predicted molar refractivity (Wildman–Crippen MR) is 74.8 cm³/mol. The Morgan fingerprint density at radius 2 is 1.94 bits per heavy atom. The van der Waals surface area contributed by atoms with Gasteiger partial charge in [-0.15, -0.1) is 0 Å². The molecule has 0 saturated carbocycles. The Balaban J connectivity index is 2.34. The van der Waals surface area contributed by atoms with E-state index in [0.717, 1.165) is 18.2 Å². The highest BCUT2D eigenvalue weighted by Crippen LogP contribution is 2.08. The van der Waals surface area contributed by atoms with Gasteiger partial charge in [-0.2, -0.15) is 0 Å². The molecule has 0 unspecified atom stereocenters. The molecule has 0 aliphatic carbocycles. The number of aromatic nitrogens is 1. The van der Waals surface area contributed by atoms with Crippen LogP contribution in [0.5, 0.6) is 0 Å². The van der Waals surface area contributed by atoms with Gasteiger partial charge in [-0.3, -0.25) is 4.79 Å². The molecule has 0 spiro atoms. The molecule has 0 bridgehead atoms. The van der Waals surface area contributed by atoms with Gasteiger partial charge in [-0.05, 0) is 32.9 Å². The third kappa shape index (κ3) is 5.52. The number of pyridine rings is 1. The standard InChI is InChI=1S/C13H22N4O/c1-4-14-11-6-5-7-12(17-11)15-9-8-13(18)16-10(2)3/h5-7,10H,4,8-9H2,1-3H3,(H,16,18)(H2,14,15,17). The number of nitrogens with one attached hydrogen (secondary N) is 3. The average molecular weight is 250 g/mol. The van der Waals surface area contributed by atoms with E-state index in [4.69, 9.17) is 0 Å². The van der Waals surface area contributed by atoms with Crippen molar-refractivity contribution in [1.82, 2.24) is 10.3 Å². The maximum absolute atomic E-state index is 11.4. The number of carbonyl (C=O) groups is 1. The van der Waals surface area contributed by atoms with Crippen LogP contribution in [-0.4, -0.2) is 30.0 Å². The van der Waals surface area contributed by atoms with Gasteiger partial charge in [0.05, 0.1) is 0 Å². The van der Waals surface area contributed by atoms with E-state index in [9.17, 15) is 4.79 Å². The number of hydrogen-bond acceptors (Lipinski definition) is 4. The third-order valence-electron chi connectivity index (χ3n) is 2.21. The van der Waals surface area contributed by atoms with Crippen LogP contribution in [0.2, 0.25) is 0 Å². The fourth-order valence-electron chi connectivity index (χ4n) is 1.51. The SMILES string of the molecule is CCNc1cccc(NCCC(=O)NC(C)C)n1. The number of anilines is 2. The molecule has 5 heteroatoms. The topological polar surface area (TPSA) is 66.0 Å². The smallest absolute Gasteiger partial charge is 0.221 e. The van der Waals surface area contributed by atoms with Gasteiger partial charge in [-0.25, -0.2) is 4.98 Å². The monoisotopic (exact) mass is 250 g/mol. The molecule has 0 saturated heterocycles. The molecular formula is C13H22N4O. The first-order valence-electron chi connectivity index (χ1n) is 6.36. The highest BCUT2D eigenvalue weighted by molar-refractivity contribution is 5.76. The molecule has 0 fully saturated rings. The second-order valence-corrected chi connectivity index (χ2v) is 4.34. The van der Waals surface area contributed by atoms with Crippen molar-refractivity contribution < 1.29 is 4.79 Å². The van der Waals surface area contributed by atoms with Crippen molar-refractivity contribution in [3.63, 3.8) is 0 Å². The maximum atomic E-state index is 11.4. The molecule has 18 heavy (non-hydrogen) atoms. The summed E-state index contributed by atoms with van der Waals surface area (Å²) in [5, 5.41) is 9.13. The molecule has 0 aliphatic heterocycles. The molecule has 0 atom stereocenters. The summed E-state index contributed by atoms with van der Waals surface area (Å²) in [6.07, 6.45) is 0.450. The number of carbonyl (C=O) groups excluding carboxylic acids is 1. The van der Waals surface area contributed by atoms with Gasteiger partial charge < -0.3 is 16.0 Å². The van der Waals surface area contributed by atoms with E-state index >= 15 is 0 Å². The first-order chi connectivity index (χ1) is 8.61. The molecule has 100 valence electrons. The largest absolute Gasteiger partial charge is 0.370 e. The van der Waals surface area contributed by atoms with Crippen LogP contribution in [0.4, 0.5) is 11.6 Å². The Morgan fingerprint density at radius 3 is 2.56 bits per heavy atom. The number of nitrogens with zero attached hydrogens (tertiary/aromatic N) is 1. The van der Waals surface area contributed by atoms with Crippen molar-refractivity contribution in [3.8, 4) is 0 Å². The van der Waals surface area contributed by atoms with Crippen LogP contribution >= 0.6 is 0 Å². The lowest BCUT2D eigenvalue weighted by molar-refractivity contribution is -0.121. The van der Waals surface area contributed by atoms with Crippen LogP contribution in [0.3, 0.4) is 0 Å². The summed E-state index contributed by atoms with van der Waals surface area (Å²) in [5.41, 5.74) is 0. The van der Waals surface area contributed by atoms with E-state index in [1.54, 1.807) is 0 Å². The van der Waals surface area contributed by atoms with Crippen LogP contribution in [0, 0.1) is 0 Å². The molecule has 0 aromatic carbocycles. The molecular weight excluding hydrogens is 228 g/mol. The first kappa shape index (κ1) is 14.3. The molecule has 1 amide bonds. The Labute approximate surface area is 108 Å². The second-order valence-electron chi connectivity index (χ2n) is 4.34. The van der Waals surface area contributed by atoms with Crippen molar-refractivity contribution in [2.24, 2.45) is 0 Å². The Hall–Kier alpha value is -1.78. The highest BCUT2D eigenvalue weighted by Gasteiger charge is 2.03. The molecule has 0 aliphatic rings. The highest BCUT2D eigenvalue weighted by atomic mass is 16.1. The zero-order chi connectivity index (χ0) is 13.4. The minimum Gasteiger partial charge on any atom is -0.370 e. The van der Waals surface area contributed by atoms with Crippen LogP contribution in [0.25, 0.3) is 0 Å². The van der Waals surface area contributed by atoms with E-state index in [-0.39, 0.29) is 11.9 Å². The summed E-state index contributed by atoms with van der Waals surface area (Å²) < 4.78 is 0. The van der Waals surface area contributed by atoms with Crippen molar-refractivity contribution in [2.75, 3.05) is 23.7 Å². The molecule has 3 N–H and O–H groups in total. The third-order valence-corrected chi connectivity index (χ3v) is 2.21. The lowest BCUT2D eigenvalue weighted by Gasteiger charge is -2.10. The number of rotatable bonds is 7. The normalized spacial score (nSPS) is 10.2.